The van der Waals surface area contributed by atoms with Crippen molar-refractivity contribution >= 4 is 19.7 Å². The molecule has 166 valence electrons. The maximum absolute atomic E-state index is 11.5. The second-order valence-corrected chi connectivity index (χ2v) is 7.64. The summed E-state index contributed by atoms with van der Waals surface area (Å²) < 4.78 is 71.3. The topological polar surface area (TPSA) is 86.8 Å². The van der Waals surface area contributed by atoms with E-state index < -0.39 is 19.8 Å². The third-order valence-corrected chi connectivity index (χ3v) is 2.76. The SMILES string of the molecule is CCOC(=O)C(C#N)NOC(CN(C)C)=[N+]1CCOCC1.F[P-](F)(F)(F)(F)F. The summed E-state index contributed by atoms with van der Waals surface area (Å²) in [5.41, 5.74) is 2.47. The van der Waals surface area contributed by atoms with E-state index in [-0.39, 0.29) is 6.61 Å². The van der Waals surface area contributed by atoms with Crippen LogP contribution in [0.5, 0.6) is 0 Å². The van der Waals surface area contributed by atoms with E-state index in [2.05, 4.69) is 5.48 Å². The Morgan fingerprint density at radius 2 is 1.75 bits per heavy atom. The summed E-state index contributed by atoms with van der Waals surface area (Å²) in [5.74, 6) is -0.000899. The Labute approximate surface area is 157 Å². The molecule has 15 heteroatoms. The number of morpholine rings is 1. The van der Waals surface area contributed by atoms with Crippen molar-refractivity contribution in [1.29, 1.82) is 5.26 Å². The fourth-order valence-corrected chi connectivity index (χ4v) is 1.76. The monoisotopic (exact) mass is 444 g/mol. The van der Waals surface area contributed by atoms with E-state index in [0.29, 0.717) is 38.7 Å². The molecule has 0 aliphatic carbocycles. The normalized spacial score (nSPS) is 18.0. The number of carbonyl (C=O) groups is 1. The van der Waals surface area contributed by atoms with E-state index in [1.54, 1.807) is 6.92 Å². The molecule has 0 spiro atoms. The standard InChI is InChI=1S/C13H23N4O4.F6P/c1-4-20-13(18)11(9-14)15-21-12(10-16(2)3)17-5-7-19-8-6-17;1-7(2,3,4,5)6/h11,15H,4-8,10H2,1-3H3;/q+1;-1. The molecule has 1 unspecified atom stereocenters. The summed E-state index contributed by atoms with van der Waals surface area (Å²) >= 11 is 0. The molecule has 1 aliphatic rings. The van der Waals surface area contributed by atoms with E-state index in [1.807, 2.05) is 29.6 Å². The summed E-state index contributed by atoms with van der Waals surface area (Å²) in [6.07, 6.45) is 0. The molecule has 0 bridgehead atoms. The van der Waals surface area contributed by atoms with Gasteiger partial charge in [0.15, 0.2) is 13.1 Å². The van der Waals surface area contributed by atoms with Gasteiger partial charge in [0.1, 0.15) is 19.8 Å². The number of hydroxylamine groups is 1. The Kier molecular flexibility index (Phi) is 9.11. The third-order valence-electron chi connectivity index (χ3n) is 2.76. The Bertz CT molecular complexity index is 586. The van der Waals surface area contributed by atoms with Crippen LogP contribution in [-0.2, 0) is 19.1 Å². The predicted molar refractivity (Wildman–Crippen MR) is 88.2 cm³/mol. The van der Waals surface area contributed by atoms with Crippen LogP contribution in [0.2, 0.25) is 0 Å². The molecule has 1 N–H and O–H groups in total. The van der Waals surface area contributed by atoms with E-state index in [1.165, 1.54) is 0 Å². The number of nitrogens with one attached hydrogen (secondary N) is 1. The second kappa shape index (κ2) is 9.69. The first-order valence-electron chi connectivity index (χ1n) is 7.91. The molecule has 1 rings (SSSR count). The number of halogens is 6. The molecule has 1 fully saturated rings. The predicted octanol–water partition coefficient (Wildman–Crippen LogP) is 2.35. The molecule has 0 aromatic heterocycles. The van der Waals surface area contributed by atoms with E-state index in [4.69, 9.17) is 19.6 Å². The molecule has 8 nitrogen and oxygen atoms in total. The zero-order chi connectivity index (χ0) is 22.1. The number of hydrogen-bond donors (Lipinski definition) is 1. The Hall–Kier alpha value is -1.68. The van der Waals surface area contributed by atoms with Crippen molar-refractivity contribution < 1.29 is 48.9 Å². The number of hydrogen-bond acceptors (Lipinski definition) is 7. The maximum atomic E-state index is 11.5. The van der Waals surface area contributed by atoms with Crippen molar-refractivity contribution in [3.05, 3.63) is 0 Å². The van der Waals surface area contributed by atoms with Crippen LogP contribution < -0.4 is 5.48 Å². The van der Waals surface area contributed by atoms with Crippen molar-refractivity contribution in [2.24, 2.45) is 0 Å². The van der Waals surface area contributed by atoms with Crippen LogP contribution >= 0.6 is 7.81 Å². The van der Waals surface area contributed by atoms with Gasteiger partial charge in [-0.15, -0.1) is 5.48 Å². The van der Waals surface area contributed by atoms with Gasteiger partial charge in [-0.2, -0.15) is 9.84 Å². The molecule has 0 saturated carbocycles. The molecule has 0 aromatic rings. The number of likely N-dealkylation sites (N-methyl/N-ethyl adjacent to an activating group) is 1. The number of nitriles is 1. The molecule has 1 atom stereocenters. The van der Waals surface area contributed by atoms with Gasteiger partial charge in [0.2, 0.25) is 6.04 Å². The van der Waals surface area contributed by atoms with Crippen LogP contribution in [0.15, 0.2) is 0 Å². The number of esters is 1. The average Bonchev–Trinajstić information content (AvgIpc) is 2.52. The van der Waals surface area contributed by atoms with Crippen molar-refractivity contribution in [2.75, 3.05) is 53.6 Å². The third kappa shape index (κ3) is 16.5. The fourth-order valence-electron chi connectivity index (χ4n) is 1.76. The zero-order valence-electron chi connectivity index (χ0n) is 15.5. The zero-order valence-corrected chi connectivity index (χ0v) is 16.4. The van der Waals surface area contributed by atoms with Gasteiger partial charge in [-0.25, -0.2) is 4.79 Å². The number of ether oxygens (including phenoxy) is 2. The van der Waals surface area contributed by atoms with Gasteiger partial charge >= 0.3 is 44.9 Å². The van der Waals surface area contributed by atoms with Gasteiger partial charge in [0.25, 0.3) is 0 Å². The summed E-state index contributed by atoms with van der Waals surface area (Å²) in [6, 6.07) is 0.668. The number of rotatable bonds is 6. The summed E-state index contributed by atoms with van der Waals surface area (Å²) in [5, 5.41) is 8.98. The first-order valence-corrected chi connectivity index (χ1v) is 9.94. The van der Waals surface area contributed by atoms with E-state index >= 15 is 0 Å². The second-order valence-electron chi connectivity index (χ2n) is 5.72. The average molecular weight is 444 g/mol. The molecule has 1 saturated heterocycles. The Balaban J connectivity index is 0.000000887. The van der Waals surface area contributed by atoms with Crippen LogP contribution in [0.25, 0.3) is 0 Å². The van der Waals surface area contributed by atoms with Gasteiger partial charge in [0.05, 0.1) is 12.7 Å². The van der Waals surface area contributed by atoms with Crippen LogP contribution in [0.3, 0.4) is 0 Å². The molecule has 1 heterocycles. The molecular weight excluding hydrogens is 421 g/mol. The van der Waals surface area contributed by atoms with Crippen molar-refractivity contribution in [1.82, 2.24) is 10.4 Å². The molecule has 1 aliphatic heterocycles. The summed E-state index contributed by atoms with van der Waals surface area (Å²) in [7, 11) is -6.83. The van der Waals surface area contributed by atoms with Gasteiger partial charge < -0.3 is 14.3 Å². The minimum absolute atomic E-state index is 0.219. The van der Waals surface area contributed by atoms with E-state index in [9.17, 15) is 30.0 Å². The van der Waals surface area contributed by atoms with Crippen LogP contribution in [0.1, 0.15) is 6.92 Å². The molecule has 0 aromatic carbocycles. The molecule has 0 radical (unpaired) electrons. The van der Waals surface area contributed by atoms with Crippen LogP contribution in [0.4, 0.5) is 25.2 Å². The van der Waals surface area contributed by atoms with Crippen molar-refractivity contribution in [2.45, 2.75) is 13.0 Å². The number of nitrogens with zero attached hydrogens (tertiary/aromatic N) is 3. The van der Waals surface area contributed by atoms with Crippen molar-refractivity contribution in [3.8, 4) is 6.07 Å². The molecule has 28 heavy (non-hydrogen) atoms. The quantitative estimate of drug-likeness (QED) is 0.168. The first kappa shape index (κ1) is 26.3. The van der Waals surface area contributed by atoms with Crippen molar-refractivity contribution in [3.63, 3.8) is 0 Å². The van der Waals surface area contributed by atoms with Gasteiger partial charge in [-0.3, -0.25) is 4.90 Å². The Morgan fingerprint density at radius 3 is 2.14 bits per heavy atom. The first-order chi connectivity index (χ1) is 12.5. The Morgan fingerprint density at radius 1 is 1.25 bits per heavy atom. The van der Waals surface area contributed by atoms with Gasteiger partial charge in [-0.1, -0.05) is 0 Å². The fraction of sp³-hybridized carbons (Fsp3) is 0.769. The minimum atomic E-state index is -10.7. The van der Waals surface area contributed by atoms with Crippen LogP contribution in [0, 0.1) is 11.3 Å². The molecule has 0 amide bonds. The molecular formula is C13H23F6N4O4P. The van der Waals surface area contributed by atoms with Crippen LogP contribution in [-0.4, -0.2) is 80.9 Å². The summed E-state index contributed by atoms with van der Waals surface area (Å²) in [4.78, 5) is 19.0. The van der Waals surface area contributed by atoms with Gasteiger partial charge in [0, 0.05) is 0 Å². The van der Waals surface area contributed by atoms with Gasteiger partial charge in [-0.05, 0) is 21.0 Å². The van der Waals surface area contributed by atoms with E-state index in [0.717, 1.165) is 0 Å². The number of carbonyl (C=O) groups excluding carboxylic acids is 1. The summed E-state index contributed by atoms with van der Waals surface area (Å²) in [6.45, 7) is 5.12.